The Labute approximate surface area is 172 Å². The number of hydrogen-bond acceptors (Lipinski definition) is 5. The van der Waals surface area contributed by atoms with Gasteiger partial charge in [-0.05, 0) is 37.3 Å². The molecule has 1 aliphatic heterocycles. The molecular weight excluding hydrogens is 396 g/mol. The Bertz CT molecular complexity index is 963. The van der Waals surface area contributed by atoms with Gasteiger partial charge >= 0.3 is 5.97 Å². The van der Waals surface area contributed by atoms with Crippen molar-refractivity contribution < 1.29 is 28.0 Å². The highest BCUT2D eigenvalue weighted by Gasteiger charge is 2.41. The number of nitrogens with zero attached hydrogens (tertiary/aromatic N) is 2. The fraction of sp³-hybridized carbons (Fsp3) is 0.476. The van der Waals surface area contributed by atoms with Gasteiger partial charge in [-0.15, -0.1) is 0 Å². The van der Waals surface area contributed by atoms with E-state index in [0.29, 0.717) is 37.5 Å². The van der Waals surface area contributed by atoms with Crippen LogP contribution in [0, 0.1) is 23.5 Å². The summed E-state index contributed by atoms with van der Waals surface area (Å²) in [6.07, 6.45) is 2.75. The first kappa shape index (κ1) is 20.5. The van der Waals surface area contributed by atoms with Crippen LogP contribution in [0.2, 0.25) is 0 Å². The van der Waals surface area contributed by atoms with Crippen LogP contribution >= 0.6 is 0 Å². The maximum atomic E-state index is 13.9. The second kappa shape index (κ2) is 8.14. The highest BCUT2D eigenvalue weighted by Crippen LogP contribution is 2.34. The Hall–Kier alpha value is -2.81. The number of carboxylic acids is 1. The third kappa shape index (κ3) is 3.94. The highest BCUT2D eigenvalue weighted by molar-refractivity contribution is 5.93. The maximum absolute atomic E-state index is 13.9. The molecule has 1 saturated carbocycles. The van der Waals surface area contributed by atoms with Crippen LogP contribution in [0.25, 0.3) is 11.3 Å². The predicted octanol–water partition coefficient (Wildman–Crippen LogP) is 2.92. The molecule has 2 fully saturated rings. The molecule has 160 valence electrons. The molecule has 0 radical (unpaired) electrons. The molecule has 7 nitrogen and oxygen atoms in total. The lowest BCUT2D eigenvalue weighted by Crippen LogP contribution is -2.58. The summed E-state index contributed by atoms with van der Waals surface area (Å²) in [5, 5.41) is 16.1. The average Bonchev–Trinajstić information content (AvgIpc) is 3.17. The first-order valence-electron chi connectivity index (χ1n) is 10.0. The van der Waals surface area contributed by atoms with Crippen LogP contribution in [0.3, 0.4) is 0 Å². The number of aliphatic carboxylic acids is 1. The lowest BCUT2D eigenvalue weighted by Gasteiger charge is -2.47. The van der Waals surface area contributed by atoms with Crippen molar-refractivity contribution in [1.82, 2.24) is 15.4 Å². The summed E-state index contributed by atoms with van der Waals surface area (Å²) < 4.78 is 32.0. The molecule has 1 aromatic heterocycles. The van der Waals surface area contributed by atoms with Crippen LogP contribution in [0.5, 0.6) is 0 Å². The quantitative estimate of drug-likeness (QED) is 0.774. The van der Waals surface area contributed by atoms with E-state index < -0.39 is 35.5 Å². The largest absolute Gasteiger partial charge is 0.481 e. The number of hydrogen-bond donors (Lipinski definition) is 2. The number of likely N-dealkylation sites (tertiary alicyclic amines) is 1. The second-order valence-electron chi connectivity index (χ2n) is 8.13. The van der Waals surface area contributed by atoms with Gasteiger partial charge in [0.05, 0.1) is 11.5 Å². The monoisotopic (exact) mass is 419 g/mol. The Balaban J connectivity index is 1.44. The van der Waals surface area contributed by atoms with Crippen molar-refractivity contribution in [1.29, 1.82) is 0 Å². The van der Waals surface area contributed by atoms with E-state index in [1.165, 1.54) is 12.1 Å². The first-order valence-corrected chi connectivity index (χ1v) is 10.0. The summed E-state index contributed by atoms with van der Waals surface area (Å²) in [5.74, 6) is -3.28. The Morgan fingerprint density at radius 1 is 1.23 bits per heavy atom. The number of aromatic nitrogens is 1. The minimum Gasteiger partial charge on any atom is -0.481 e. The number of halogens is 2. The van der Waals surface area contributed by atoms with Crippen LogP contribution in [0.4, 0.5) is 8.78 Å². The molecule has 1 saturated heterocycles. The normalized spacial score (nSPS) is 26.8. The molecule has 30 heavy (non-hydrogen) atoms. The summed E-state index contributed by atoms with van der Waals surface area (Å²) in [7, 11) is 0. The van der Waals surface area contributed by atoms with Gasteiger partial charge in [0.15, 0.2) is 11.5 Å². The van der Waals surface area contributed by atoms with E-state index in [9.17, 15) is 23.5 Å². The molecule has 4 rings (SSSR count). The zero-order chi connectivity index (χ0) is 21.4. The van der Waals surface area contributed by atoms with E-state index in [1.807, 2.05) is 0 Å². The highest BCUT2D eigenvalue weighted by atomic mass is 19.1. The summed E-state index contributed by atoms with van der Waals surface area (Å²) in [5.41, 5.74) is -0.109. The summed E-state index contributed by atoms with van der Waals surface area (Å²) in [6.45, 7) is 3.28. The summed E-state index contributed by atoms with van der Waals surface area (Å²) in [6, 6.07) is 4.12. The molecule has 1 aliphatic carbocycles. The molecule has 4 atom stereocenters. The van der Waals surface area contributed by atoms with Gasteiger partial charge in [-0.25, -0.2) is 8.78 Å². The number of carbonyl (C=O) groups is 2. The number of benzene rings is 1. The lowest BCUT2D eigenvalue weighted by atomic mass is 9.78. The van der Waals surface area contributed by atoms with E-state index in [1.54, 1.807) is 0 Å². The SMILES string of the molecule is C[C@@H]1CC[C@H]1N1CC[C@H](NC(=O)c2cc(-c3ccc(F)cc3F)on2)[C@@H](C(=O)O)C1. The standard InChI is InChI=1S/C21H23F2N3O4/c1-11-2-5-18(11)26-7-6-16(14(10-26)21(28)29)24-20(27)17-9-19(30-25-17)13-4-3-12(22)8-15(13)23/h3-4,8-9,11,14,16,18H,2,5-7,10H2,1H3,(H,24,27)(H,28,29)/t11-,14+,16+,18-/m1/s1. The van der Waals surface area contributed by atoms with Gasteiger partial charge in [-0.1, -0.05) is 12.1 Å². The van der Waals surface area contributed by atoms with E-state index in [4.69, 9.17) is 4.52 Å². The smallest absolute Gasteiger partial charge is 0.309 e. The molecule has 0 bridgehead atoms. The predicted molar refractivity (Wildman–Crippen MR) is 103 cm³/mol. The molecule has 2 N–H and O–H groups in total. The number of carbonyl (C=O) groups excluding carboxylic acids is 1. The van der Waals surface area contributed by atoms with Crippen molar-refractivity contribution in [3.05, 3.63) is 41.6 Å². The molecule has 0 unspecified atom stereocenters. The zero-order valence-electron chi connectivity index (χ0n) is 16.5. The van der Waals surface area contributed by atoms with Gasteiger partial charge in [-0.3, -0.25) is 14.5 Å². The molecule has 2 aliphatic rings. The number of nitrogens with one attached hydrogen (secondary N) is 1. The fourth-order valence-corrected chi connectivity index (χ4v) is 4.33. The average molecular weight is 419 g/mol. The lowest BCUT2D eigenvalue weighted by molar-refractivity contribution is -0.145. The van der Waals surface area contributed by atoms with Crippen molar-refractivity contribution >= 4 is 11.9 Å². The molecule has 0 spiro atoms. The van der Waals surface area contributed by atoms with Gasteiger partial charge in [0.2, 0.25) is 0 Å². The fourth-order valence-electron chi connectivity index (χ4n) is 4.33. The molecule has 2 heterocycles. The maximum Gasteiger partial charge on any atom is 0.309 e. The Morgan fingerprint density at radius 3 is 2.67 bits per heavy atom. The second-order valence-corrected chi connectivity index (χ2v) is 8.13. The van der Waals surface area contributed by atoms with Gasteiger partial charge < -0.3 is 14.9 Å². The molecule has 1 aromatic carbocycles. The first-order chi connectivity index (χ1) is 14.3. The van der Waals surface area contributed by atoms with E-state index in [-0.39, 0.29) is 17.0 Å². The minimum atomic E-state index is -0.953. The third-order valence-corrected chi connectivity index (χ3v) is 6.26. The van der Waals surface area contributed by atoms with Crippen molar-refractivity contribution in [3.8, 4) is 11.3 Å². The van der Waals surface area contributed by atoms with E-state index in [0.717, 1.165) is 18.9 Å². The van der Waals surface area contributed by atoms with Crippen molar-refractivity contribution in [3.63, 3.8) is 0 Å². The minimum absolute atomic E-state index is 0.0128. The zero-order valence-corrected chi connectivity index (χ0v) is 16.5. The van der Waals surface area contributed by atoms with Crippen molar-refractivity contribution in [2.75, 3.05) is 13.1 Å². The van der Waals surface area contributed by atoms with Crippen LogP contribution < -0.4 is 5.32 Å². The van der Waals surface area contributed by atoms with Crippen molar-refractivity contribution in [2.24, 2.45) is 11.8 Å². The van der Waals surface area contributed by atoms with Crippen molar-refractivity contribution in [2.45, 2.75) is 38.3 Å². The number of amides is 1. The molecule has 1 amide bonds. The van der Waals surface area contributed by atoms with Gasteiger partial charge in [0.1, 0.15) is 11.6 Å². The summed E-state index contributed by atoms with van der Waals surface area (Å²) in [4.78, 5) is 26.6. The number of piperidine rings is 1. The summed E-state index contributed by atoms with van der Waals surface area (Å²) >= 11 is 0. The van der Waals surface area contributed by atoms with E-state index in [2.05, 4.69) is 22.3 Å². The molecule has 9 heteroatoms. The van der Waals surface area contributed by atoms with Crippen LogP contribution in [-0.2, 0) is 4.79 Å². The van der Waals surface area contributed by atoms with Gasteiger partial charge in [0.25, 0.3) is 5.91 Å². The van der Waals surface area contributed by atoms with E-state index >= 15 is 0 Å². The third-order valence-electron chi connectivity index (χ3n) is 6.26. The van der Waals surface area contributed by atoms with Crippen LogP contribution in [0.1, 0.15) is 36.7 Å². The number of rotatable bonds is 5. The van der Waals surface area contributed by atoms with Crippen LogP contribution in [-0.4, -0.2) is 52.2 Å². The van der Waals surface area contributed by atoms with Gasteiger partial charge in [0, 0.05) is 37.3 Å². The molecular formula is C21H23F2N3O4. The Morgan fingerprint density at radius 2 is 2.03 bits per heavy atom. The number of carboxylic acid groups (broad SMARTS) is 1. The van der Waals surface area contributed by atoms with Gasteiger partial charge in [-0.2, -0.15) is 0 Å². The Kier molecular flexibility index (Phi) is 5.55. The van der Waals surface area contributed by atoms with Crippen LogP contribution in [0.15, 0.2) is 28.8 Å². The topological polar surface area (TPSA) is 95.7 Å². The molecule has 2 aromatic rings.